The molecule has 2 heteroatoms. The molecule has 0 aliphatic heterocycles. The first kappa shape index (κ1) is 15.3. The number of hydrogen-bond acceptors (Lipinski definition) is 2. The van der Waals surface area contributed by atoms with Crippen molar-refractivity contribution in [2.24, 2.45) is 5.41 Å². The van der Waals surface area contributed by atoms with E-state index in [-0.39, 0.29) is 11.7 Å². The number of ether oxygens (including phenoxy) is 1. The van der Waals surface area contributed by atoms with Crippen LogP contribution in [0.4, 0.5) is 0 Å². The highest BCUT2D eigenvalue weighted by Gasteiger charge is 2.31. The lowest BCUT2D eigenvalue weighted by Crippen LogP contribution is -2.27. The summed E-state index contributed by atoms with van der Waals surface area (Å²) < 4.78 is 5.29. The standard InChI is InChI=1S/C19H22O2/c1-19(2,3)18(20)17(14-9-6-5-7-10-14)15-11-8-12-16(13-15)21-4/h5-13,17H,1-4H3. The van der Waals surface area contributed by atoms with Gasteiger partial charge in [-0.2, -0.15) is 0 Å². The highest BCUT2D eigenvalue weighted by Crippen LogP contribution is 2.34. The topological polar surface area (TPSA) is 26.3 Å². The molecule has 2 nitrogen and oxygen atoms in total. The van der Waals surface area contributed by atoms with Gasteiger partial charge in [0.2, 0.25) is 0 Å². The Hall–Kier alpha value is -2.09. The minimum atomic E-state index is -0.399. The zero-order valence-corrected chi connectivity index (χ0v) is 13.1. The van der Waals surface area contributed by atoms with Gasteiger partial charge in [0.1, 0.15) is 11.5 Å². The van der Waals surface area contributed by atoms with Gasteiger partial charge in [-0.25, -0.2) is 0 Å². The van der Waals surface area contributed by atoms with E-state index >= 15 is 0 Å². The predicted octanol–water partition coefficient (Wildman–Crippen LogP) is 4.44. The zero-order valence-electron chi connectivity index (χ0n) is 13.1. The fourth-order valence-corrected chi connectivity index (χ4v) is 2.39. The molecule has 0 saturated heterocycles. The summed E-state index contributed by atoms with van der Waals surface area (Å²) in [6.45, 7) is 5.89. The third-order valence-corrected chi connectivity index (χ3v) is 3.56. The molecule has 0 amide bonds. The third-order valence-electron chi connectivity index (χ3n) is 3.56. The van der Waals surface area contributed by atoms with E-state index in [0.29, 0.717) is 0 Å². The smallest absolute Gasteiger partial charge is 0.150 e. The molecule has 0 N–H and O–H groups in total. The van der Waals surface area contributed by atoms with E-state index in [2.05, 4.69) is 0 Å². The number of carbonyl (C=O) groups is 1. The second kappa shape index (κ2) is 6.13. The second-order valence-corrected chi connectivity index (χ2v) is 6.23. The van der Waals surface area contributed by atoms with Crippen molar-refractivity contribution in [1.29, 1.82) is 0 Å². The van der Waals surface area contributed by atoms with Crippen molar-refractivity contribution < 1.29 is 9.53 Å². The van der Waals surface area contributed by atoms with Gasteiger partial charge in [-0.05, 0) is 23.3 Å². The van der Waals surface area contributed by atoms with Crippen molar-refractivity contribution in [1.82, 2.24) is 0 Å². The molecule has 1 atom stereocenters. The Bertz CT molecular complexity index is 609. The lowest BCUT2D eigenvalue weighted by Gasteiger charge is -2.25. The Morgan fingerprint density at radius 2 is 1.57 bits per heavy atom. The first-order valence-electron chi connectivity index (χ1n) is 7.16. The number of Topliss-reactive ketones (excluding diaryl/α,β-unsaturated/α-hetero) is 1. The number of carbonyl (C=O) groups excluding carboxylic acids is 1. The highest BCUT2D eigenvalue weighted by molar-refractivity contribution is 5.93. The van der Waals surface area contributed by atoms with E-state index < -0.39 is 5.41 Å². The molecule has 0 radical (unpaired) electrons. The van der Waals surface area contributed by atoms with Gasteiger partial charge < -0.3 is 4.74 Å². The SMILES string of the molecule is COc1cccc(C(C(=O)C(C)(C)C)c2ccccc2)c1. The van der Waals surface area contributed by atoms with Crippen LogP contribution in [0.2, 0.25) is 0 Å². The predicted molar refractivity (Wildman–Crippen MR) is 85.7 cm³/mol. The van der Waals surface area contributed by atoms with Crippen LogP contribution in [-0.4, -0.2) is 12.9 Å². The molecular formula is C19H22O2. The van der Waals surface area contributed by atoms with Crippen LogP contribution in [0, 0.1) is 5.41 Å². The van der Waals surface area contributed by atoms with Crippen molar-refractivity contribution in [2.75, 3.05) is 7.11 Å². The van der Waals surface area contributed by atoms with Crippen molar-refractivity contribution in [3.05, 3.63) is 65.7 Å². The Kier molecular flexibility index (Phi) is 4.46. The maximum Gasteiger partial charge on any atom is 0.150 e. The van der Waals surface area contributed by atoms with Crippen molar-refractivity contribution >= 4 is 5.78 Å². The van der Waals surface area contributed by atoms with E-state index in [1.54, 1.807) is 7.11 Å². The molecule has 0 fully saturated rings. The Balaban J connectivity index is 2.53. The number of ketones is 1. The van der Waals surface area contributed by atoms with Crippen LogP contribution >= 0.6 is 0 Å². The van der Waals surface area contributed by atoms with Crippen molar-refractivity contribution in [3.63, 3.8) is 0 Å². The van der Waals surface area contributed by atoms with Crippen LogP contribution in [0.3, 0.4) is 0 Å². The largest absolute Gasteiger partial charge is 0.497 e. The second-order valence-electron chi connectivity index (χ2n) is 6.23. The maximum atomic E-state index is 12.9. The minimum absolute atomic E-state index is 0.210. The molecule has 0 bridgehead atoms. The molecule has 1 unspecified atom stereocenters. The lowest BCUT2D eigenvalue weighted by molar-refractivity contribution is -0.126. The van der Waals surface area contributed by atoms with Gasteiger partial charge in [-0.15, -0.1) is 0 Å². The number of methoxy groups -OCH3 is 1. The van der Waals surface area contributed by atoms with Gasteiger partial charge >= 0.3 is 0 Å². The van der Waals surface area contributed by atoms with Crippen LogP contribution in [-0.2, 0) is 4.79 Å². The molecular weight excluding hydrogens is 260 g/mol. The summed E-state index contributed by atoms with van der Waals surface area (Å²) in [4.78, 5) is 12.9. The summed E-state index contributed by atoms with van der Waals surface area (Å²) >= 11 is 0. The molecule has 0 aliphatic carbocycles. The molecule has 0 aromatic heterocycles. The number of rotatable bonds is 4. The van der Waals surface area contributed by atoms with E-state index in [4.69, 9.17) is 4.74 Å². The van der Waals surface area contributed by atoms with Gasteiger partial charge in [0.25, 0.3) is 0 Å². The molecule has 2 rings (SSSR count). The van der Waals surface area contributed by atoms with Crippen LogP contribution in [0.5, 0.6) is 5.75 Å². The van der Waals surface area contributed by atoms with E-state index in [1.807, 2.05) is 75.4 Å². The summed E-state index contributed by atoms with van der Waals surface area (Å²) in [6.07, 6.45) is 0. The summed E-state index contributed by atoms with van der Waals surface area (Å²) in [6, 6.07) is 17.7. The van der Waals surface area contributed by atoms with E-state index in [1.165, 1.54) is 0 Å². The Labute approximate surface area is 126 Å². The van der Waals surface area contributed by atoms with Crippen molar-refractivity contribution in [2.45, 2.75) is 26.7 Å². The fourth-order valence-electron chi connectivity index (χ4n) is 2.39. The summed E-state index contributed by atoms with van der Waals surface area (Å²) in [5, 5.41) is 0. The Morgan fingerprint density at radius 3 is 2.14 bits per heavy atom. The minimum Gasteiger partial charge on any atom is -0.497 e. The highest BCUT2D eigenvalue weighted by atomic mass is 16.5. The monoisotopic (exact) mass is 282 g/mol. The third kappa shape index (κ3) is 3.52. The van der Waals surface area contributed by atoms with Gasteiger partial charge in [0, 0.05) is 5.41 Å². The van der Waals surface area contributed by atoms with Crippen LogP contribution in [0.15, 0.2) is 54.6 Å². The molecule has 2 aromatic rings. The average Bonchev–Trinajstić information content (AvgIpc) is 2.48. The molecule has 0 aliphatic rings. The summed E-state index contributed by atoms with van der Waals surface area (Å²) in [7, 11) is 1.64. The van der Waals surface area contributed by atoms with Gasteiger partial charge in [-0.3, -0.25) is 4.79 Å². The molecule has 0 heterocycles. The van der Waals surface area contributed by atoms with E-state index in [9.17, 15) is 4.79 Å². The van der Waals surface area contributed by atoms with Gasteiger partial charge in [0.15, 0.2) is 0 Å². The molecule has 0 saturated carbocycles. The maximum absolute atomic E-state index is 12.9. The van der Waals surface area contributed by atoms with Gasteiger partial charge in [0.05, 0.1) is 13.0 Å². The van der Waals surface area contributed by atoms with Gasteiger partial charge in [-0.1, -0.05) is 63.2 Å². The van der Waals surface area contributed by atoms with Crippen LogP contribution < -0.4 is 4.74 Å². The first-order valence-corrected chi connectivity index (χ1v) is 7.16. The quantitative estimate of drug-likeness (QED) is 0.828. The number of hydrogen-bond donors (Lipinski definition) is 0. The molecule has 2 aromatic carbocycles. The normalized spacial score (nSPS) is 12.8. The molecule has 21 heavy (non-hydrogen) atoms. The van der Waals surface area contributed by atoms with Crippen molar-refractivity contribution in [3.8, 4) is 5.75 Å². The molecule has 110 valence electrons. The first-order chi connectivity index (χ1) is 9.93. The zero-order chi connectivity index (χ0) is 15.5. The average molecular weight is 282 g/mol. The Morgan fingerprint density at radius 1 is 0.952 bits per heavy atom. The fraction of sp³-hybridized carbons (Fsp3) is 0.316. The summed E-state index contributed by atoms with van der Waals surface area (Å²) in [5.74, 6) is 0.721. The lowest BCUT2D eigenvalue weighted by atomic mass is 9.76. The van der Waals surface area contributed by atoms with Crippen LogP contribution in [0.1, 0.15) is 37.8 Å². The molecule has 0 spiro atoms. The number of benzene rings is 2. The summed E-state index contributed by atoms with van der Waals surface area (Å²) in [5.41, 5.74) is 1.59. The van der Waals surface area contributed by atoms with Crippen LogP contribution in [0.25, 0.3) is 0 Å². The van der Waals surface area contributed by atoms with E-state index in [0.717, 1.165) is 16.9 Å².